The van der Waals surface area contributed by atoms with Crippen molar-refractivity contribution < 1.29 is 14.6 Å². The SMILES string of the molecule is COc1ccc(N(C)CCC(C)(N)C(=O)O)cc1. The van der Waals surface area contributed by atoms with Crippen LogP contribution in [0.4, 0.5) is 5.69 Å². The average molecular weight is 252 g/mol. The summed E-state index contributed by atoms with van der Waals surface area (Å²) in [5.74, 6) is -0.188. The number of benzene rings is 1. The number of carboxylic acid groups (broad SMARTS) is 1. The first-order chi connectivity index (χ1) is 8.36. The monoisotopic (exact) mass is 252 g/mol. The molecule has 18 heavy (non-hydrogen) atoms. The van der Waals surface area contributed by atoms with E-state index in [1.165, 1.54) is 6.92 Å². The van der Waals surface area contributed by atoms with E-state index in [0.29, 0.717) is 13.0 Å². The zero-order chi connectivity index (χ0) is 13.8. The number of carbonyl (C=O) groups is 1. The van der Waals surface area contributed by atoms with Gasteiger partial charge in [-0.25, -0.2) is 0 Å². The number of nitrogens with zero attached hydrogens (tertiary/aromatic N) is 1. The highest BCUT2D eigenvalue weighted by atomic mass is 16.5. The van der Waals surface area contributed by atoms with E-state index >= 15 is 0 Å². The van der Waals surface area contributed by atoms with Crippen molar-refractivity contribution >= 4 is 11.7 Å². The highest BCUT2D eigenvalue weighted by Crippen LogP contribution is 2.19. The molecule has 0 aromatic heterocycles. The van der Waals surface area contributed by atoms with Gasteiger partial charge in [0.2, 0.25) is 0 Å². The first kappa shape index (κ1) is 14.3. The molecule has 0 amide bonds. The van der Waals surface area contributed by atoms with E-state index in [-0.39, 0.29) is 0 Å². The number of carboxylic acids is 1. The van der Waals surface area contributed by atoms with Gasteiger partial charge >= 0.3 is 5.97 Å². The van der Waals surface area contributed by atoms with Crippen molar-refractivity contribution in [1.82, 2.24) is 0 Å². The van der Waals surface area contributed by atoms with Crippen LogP contribution < -0.4 is 15.4 Å². The lowest BCUT2D eigenvalue weighted by Crippen LogP contribution is -2.47. The van der Waals surface area contributed by atoms with Crippen LogP contribution in [0.25, 0.3) is 0 Å². The first-order valence-electron chi connectivity index (χ1n) is 5.74. The third-order valence-electron chi connectivity index (χ3n) is 2.97. The Morgan fingerprint density at radius 2 is 2.00 bits per heavy atom. The van der Waals surface area contributed by atoms with Gasteiger partial charge in [-0.1, -0.05) is 0 Å². The molecular formula is C13H20N2O3. The molecule has 1 rings (SSSR count). The van der Waals surface area contributed by atoms with E-state index in [2.05, 4.69) is 0 Å². The van der Waals surface area contributed by atoms with E-state index < -0.39 is 11.5 Å². The van der Waals surface area contributed by atoms with Gasteiger partial charge in [0, 0.05) is 19.3 Å². The number of rotatable bonds is 6. The van der Waals surface area contributed by atoms with Crippen molar-refractivity contribution in [3.8, 4) is 5.75 Å². The molecule has 0 aliphatic rings. The lowest BCUT2D eigenvalue weighted by Gasteiger charge is -2.25. The maximum absolute atomic E-state index is 10.9. The predicted octanol–water partition coefficient (Wildman–Crippen LogP) is 1.32. The Morgan fingerprint density at radius 1 is 1.44 bits per heavy atom. The van der Waals surface area contributed by atoms with E-state index in [4.69, 9.17) is 15.6 Å². The average Bonchev–Trinajstić information content (AvgIpc) is 2.36. The van der Waals surface area contributed by atoms with Crippen LogP contribution in [-0.4, -0.2) is 37.3 Å². The summed E-state index contributed by atoms with van der Waals surface area (Å²) in [6.45, 7) is 2.10. The van der Waals surface area contributed by atoms with Crippen molar-refractivity contribution in [2.24, 2.45) is 5.73 Å². The van der Waals surface area contributed by atoms with E-state index in [0.717, 1.165) is 11.4 Å². The minimum atomic E-state index is -1.19. The molecule has 0 spiro atoms. The topological polar surface area (TPSA) is 75.8 Å². The molecule has 1 atom stereocenters. The number of methoxy groups -OCH3 is 1. The molecule has 3 N–H and O–H groups in total. The molecule has 0 heterocycles. The maximum Gasteiger partial charge on any atom is 0.323 e. The summed E-state index contributed by atoms with van der Waals surface area (Å²) in [5, 5.41) is 8.93. The number of nitrogens with two attached hydrogens (primary N) is 1. The smallest absolute Gasteiger partial charge is 0.323 e. The van der Waals surface area contributed by atoms with Crippen LogP contribution in [0.3, 0.4) is 0 Å². The molecule has 100 valence electrons. The van der Waals surface area contributed by atoms with Gasteiger partial charge in [-0.3, -0.25) is 4.79 Å². The zero-order valence-corrected chi connectivity index (χ0v) is 11.0. The lowest BCUT2D eigenvalue weighted by atomic mass is 9.99. The number of hydrogen-bond acceptors (Lipinski definition) is 4. The quantitative estimate of drug-likeness (QED) is 0.798. The maximum atomic E-state index is 10.9. The summed E-state index contributed by atoms with van der Waals surface area (Å²) in [7, 11) is 3.52. The van der Waals surface area contributed by atoms with Crippen LogP contribution in [0.15, 0.2) is 24.3 Å². The molecule has 0 radical (unpaired) electrons. The van der Waals surface area contributed by atoms with Crippen molar-refractivity contribution in [3.63, 3.8) is 0 Å². The van der Waals surface area contributed by atoms with E-state index in [9.17, 15) is 4.79 Å². The Labute approximate surface area is 107 Å². The molecule has 0 saturated carbocycles. The van der Waals surface area contributed by atoms with E-state index in [1.807, 2.05) is 36.2 Å². The molecule has 5 heteroatoms. The van der Waals surface area contributed by atoms with Crippen molar-refractivity contribution in [1.29, 1.82) is 0 Å². The van der Waals surface area contributed by atoms with Gasteiger partial charge < -0.3 is 20.5 Å². The second-order valence-corrected chi connectivity index (χ2v) is 4.59. The molecule has 0 aliphatic heterocycles. The van der Waals surface area contributed by atoms with Gasteiger partial charge in [0.05, 0.1) is 7.11 Å². The normalized spacial score (nSPS) is 13.8. The molecule has 1 unspecified atom stereocenters. The van der Waals surface area contributed by atoms with Gasteiger partial charge in [0.15, 0.2) is 0 Å². The fraction of sp³-hybridized carbons (Fsp3) is 0.462. The van der Waals surface area contributed by atoms with Crippen LogP contribution in [0, 0.1) is 0 Å². The fourth-order valence-corrected chi connectivity index (χ4v) is 1.47. The molecule has 1 aromatic carbocycles. The van der Waals surface area contributed by atoms with Gasteiger partial charge in [0.1, 0.15) is 11.3 Å². The van der Waals surface area contributed by atoms with Gasteiger partial charge in [0.25, 0.3) is 0 Å². The van der Waals surface area contributed by atoms with Crippen LogP contribution >= 0.6 is 0 Å². The summed E-state index contributed by atoms with van der Waals surface area (Å²) >= 11 is 0. The largest absolute Gasteiger partial charge is 0.497 e. The van der Waals surface area contributed by atoms with Crippen molar-refractivity contribution in [3.05, 3.63) is 24.3 Å². The standard InChI is InChI=1S/C13H20N2O3/c1-13(14,12(16)17)8-9-15(2)10-4-6-11(18-3)7-5-10/h4-7H,8-9,14H2,1-3H3,(H,16,17). The molecule has 0 bridgehead atoms. The van der Waals surface area contributed by atoms with Gasteiger partial charge in [-0.2, -0.15) is 0 Å². The fourth-order valence-electron chi connectivity index (χ4n) is 1.47. The minimum Gasteiger partial charge on any atom is -0.497 e. The summed E-state index contributed by atoms with van der Waals surface area (Å²) in [6, 6.07) is 7.58. The lowest BCUT2D eigenvalue weighted by molar-refractivity contribution is -0.142. The number of aliphatic carboxylic acids is 1. The predicted molar refractivity (Wildman–Crippen MR) is 71.1 cm³/mol. The van der Waals surface area contributed by atoms with Crippen LogP contribution in [0.5, 0.6) is 5.75 Å². The zero-order valence-electron chi connectivity index (χ0n) is 11.0. The highest BCUT2D eigenvalue weighted by molar-refractivity contribution is 5.77. The number of anilines is 1. The van der Waals surface area contributed by atoms with Crippen LogP contribution in [0.2, 0.25) is 0 Å². The molecule has 1 aromatic rings. The first-order valence-corrected chi connectivity index (χ1v) is 5.74. The molecule has 5 nitrogen and oxygen atoms in total. The van der Waals surface area contributed by atoms with Gasteiger partial charge in [-0.05, 0) is 37.6 Å². The van der Waals surface area contributed by atoms with Crippen LogP contribution in [0.1, 0.15) is 13.3 Å². The summed E-state index contributed by atoms with van der Waals surface area (Å²) in [4.78, 5) is 12.9. The van der Waals surface area contributed by atoms with Crippen molar-refractivity contribution in [2.75, 3.05) is 25.6 Å². The summed E-state index contributed by atoms with van der Waals surface area (Å²) in [5.41, 5.74) is 5.49. The number of hydrogen-bond donors (Lipinski definition) is 2. The number of ether oxygens (including phenoxy) is 1. The Kier molecular flexibility index (Phi) is 4.55. The molecule has 0 fully saturated rings. The van der Waals surface area contributed by atoms with E-state index in [1.54, 1.807) is 7.11 Å². The molecular weight excluding hydrogens is 232 g/mol. The third-order valence-corrected chi connectivity index (χ3v) is 2.97. The van der Waals surface area contributed by atoms with Crippen molar-refractivity contribution in [2.45, 2.75) is 18.9 Å². The Morgan fingerprint density at radius 3 is 2.44 bits per heavy atom. The third kappa shape index (κ3) is 3.63. The second-order valence-electron chi connectivity index (χ2n) is 4.59. The molecule has 0 aliphatic carbocycles. The minimum absolute atomic E-state index is 0.380. The Balaban J connectivity index is 2.59. The highest BCUT2D eigenvalue weighted by Gasteiger charge is 2.27. The molecule has 0 saturated heterocycles. The Bertz CT molecular complexity index is 401. The Hall–Kier alpha value is -1.75. The van der Waals surface area contributed by atoms with Crippen LogP contribution in [-0.2, 0) is 4.79 Å². The second kappa shape index (κ2) is 5.73. The summed E-state index contributed by atoms with van der Waals surface area (Å²) < 4.78 is 5.08. The van der Waals surface area contributed by atoms with Gasteiger partial charge in [-0.15, -0.1) is 0 Å². The summed E-state index contributed by atoms with van der Waals surface area (Å²) in [6.07, 6.45) is 0.380.